The number of piperidine rings is 1. The maximum absolute atomic E-state index is 13.5. The van der Waals surface area contributed by atoms with E-state index in [1.54, 1.807) is 0 Å². The molecular weight excluding hydrogens is 369 g/mol. The van der Waals surface area contributed by atoms with E-state index in [4.69, 9.17) is 5.11 Å². The van der Waals surface area contributed by atoms with Gasteiger partial charge in [-0.15, -0.1) is 0 Å². The summed E-state index contributed by atoms with van der Waals surface area (Å²) in [6, 6.07) is 2.51. The quantitative estimate of drug-likeness (QED) is 0.771. The number of rotatable bonds is 2. The molecule has 1 saturated heterocycles. The number of halogens is 4. The molecule has 2 heterocycles. The largest absolute Gasteiger partial charge is 0.465 e. The number of hydrogen-bond acceptors (Lipinski definition) is 3. The molecule has 0 bridgehead atoms. The molecule has 0 radical (unpaired) electrons. The standard InChI is InChI=1S/C13H14BrF3N2O3/c14-10-2-1-9(7-18-10)12(22,13(15,16)17)8-3-5-19(6-4-8)11(20)21/h1-2,7-8,22H,3-6H2,(H,20,21). The SMILES string of the molecule is O=C(O)N1CCC(C(O)(c2ccc(Br)nc2)C(F)(F)F)CC1. The van der Waals surface area contributed by atoms with Crippen molar-refractivity contribution < 1.29 is 28.2 Å². The molecule has 122 valence electrons. The second-order valence-corrected chi connectivity index (χ2v) is 5.99. The lowest BCUT2D eigenvalue weighted by atomic mass is 9.76. The van der Waals surface area contributed by atoms with Gasteiger partial charge in [-0.2, -0.15) is 13.2 Å². The van der Waals surface area contributed by atoms with Crippen LogP contribution in [-0.4, -0.2) is 45.5 Å². The normalized spacial score (nSPS) is 19.8. The van der Waals surface area contributed by atoms with Crippen molar-refractivity contribution in [2.75, 3.05) is 13.1 Å². The van der Waals surface area contributed by atoms with Crippen LogP contribution >= 0.6 is 15.9 Å². The van der Waals surface area contributed by atoms with Crippen molar-refractivity contribution in [3.63, 3.8) is 0 Å². The molecule has 1 aromatic heterocycles. The van der Waals surface area contributed by atoms with Gasteiger partial charge < -0.3 is 15.1 Å². The molecule has 0 saturated carbocycles. The van der Waals surface area contributed by atoms with Crippen LogP contribution in [-0.2, 0) is 5.60 Å². The van der Waals surface area contributed by atoms with Crippen molar-refractivity contribution in [2.45, 2.75) is 24.6 Å². The number of aromatic nitrogens is 1. The van der Waals surface area contributed by atoms with E-state index in [1.807, 2.05) is 0 Å². The number of carboxylic acid groups (broad SMARTS) is 1. The molecule has 1 aromatic rings. The third-order valence-electron chi connectivity index (χ3n) is 3.96. The van der Waals surface area contributed by atoms with Crippen molar-refractivity contribution in [3.8, 4) is 0 Å². The number of amides is 1. The molecule has 22 heavy (non-hydrogen) atoms. The predicted octanol–water partition coefficient (Wildman–Crippen LogP) is 2.98. The van der Waals surface area contributed by atoms with Gasteiger partial charge in [-0.05, 0) is 34.8 Å². The van der Waals surface area contributed by atoms with E-state index in [0.717, 1.165) is 11.1 Å². The summed E-state index contributed by atoms with van der Waals surface area (Å²) in [5.74, 6) is -1.12. The summed E-state index contributed by atoms with van der Waals surface area (Å²) in [6.45, 7) is -0.0787. The maximum Gasteiger partial charge on any atom is 0.421 e. The third-order valence-corrected chi connectivity index (χ3v) is 4.43. The molecule has 1 atom stereocenters. The summed E-state index contributed by atoms with van der Waals surface area (Å²) < 4.78 is 40.9. The van der Waals surface area contributed by atoms with Crippen LogP contribution in [0.2, 0.25) is 0 Å². The van der Waals surface area contributed by atoms with Crippen LogP contribution in [0.5, 0.6) is 0 Å². The van der Waals surface area contributed by atoms with E-state index in [9.17, 15) is 23.1 Å². The Morgan fingerprint density at radius 2 is 1.91 bits per heavy atom. The molecule has 2 rings (SSSR count). The summed E-state index contributed by atoms with van der Waals surface area (Å²) in [5.41, 5.74) is -3.37. The van der Waals surface area contributed by atoms with Gasteiger partial charge in [-0.3, -0.25) is 0 Å². The summed E-state index contributed by atoms with van der Waals surface area (Å²) in [7, 11) is 0. The van der Waals surface area contributed by atoms with Gasteiger partial charge in [0.2, 0.25) is 0 Å². The van der Waals surface area contributed by atoms with Crippen molar-refractivity contribution in [2.24, 2.45) is 5.92 Å². The van der Waals surface area contributed by atoms with Gasteiger partial charge >= 0.3 is 12.3 Å². The molecule has 9 heteroatoms. The molecule has 0 aromatic carbocycles. The number of hydrogen-bond donors (Lipinski definition) is 2. The summed E-state index contributed by atoms with van der Waals surface area (Å²) in [6.07, 6.45) is -5.20. The molecule has 1 unspecified atom stereocenters. The van der Waals surface area contributed by atoms with Gasteiger partial charge in [-0.1, -0.05) is 6.07 Å². The zero-order valence-corrected chi connectivity index (χ0v) is 12.9. The fourth-order valence-electron chi connectivity index (χ4n) is 2.72. The Balaban J connectivity index is 2.31. The van der Waals surface area contributed by atoms with Crippen LogP contribution < -0.4 is 0 Å². The van der Waals surface area contributed by atoms with Gasteiger partial charge in [0.15, 0.2) is 5.60 Å². The van der Waals surface area contributed by atoms with Gasteiger partial charge in [0.1, 0.15) is 4.60 Å². The maximum atomic E-state index is 13.5. The number of carbonyl (C=O) groups is 1. The number of aliphatic hydroxyl groups is 1. The first-order valence-corrected chi connectivity index (χ1v) is 7.34. The average molecular weight is 383 g/mol. The van der Waals surface area contributed by atoms with Crippen molar-refractivity contribution in [1.29, 1.82) is 0 Å². The molecule has 1 amide bonds. The Kier molecular flexibility index (Phi) is 4.67. The zero-order chi connectivity index (χ0) is 16.5. The molecule has 5 nitrogen and oxygen atoms in total. The minimum Gasteiger partial charge on any atom is -0.465 e. The van der Waals surface area contributed by atoms with Gasteiger partial charge in [0.05, 0.1) is 0 Å². The van der Waals surface area contributed by atoms with Crippen molar-refractivity contribution >= 4 is 22.0 Å². The van der Waals surface area contributed by atoms with Crippen LogP contribution in [0.15, 0.2) is 22.9 Å². The summed E-state index contributed by atoms with van der Waals surface area (Å²) in [5, 5.41) is 19.3. The monoisotopic (exact) mass is 382 g/mol. The first-order chi connectivity index (χ1) is 10.2. The van der Waals surface area contributed by atoms with Crippen LogP contribution in [0.1, 0.15) is 18.4 Å². The van der Waals surface area contributed by atoms with E-state index in [0.29, 0.717) is 4.60 Å². The lowest BCUT2D eigenvalue weighted by Crippen LogP contribution is -2.52. The minimum atomic E-state index is -4.88. The van der Waals surface area contributed by atoms with Crippen LogP contribution in [0.3, 0.4) is 0 Å². The highest BCUT2D eigenvalue weighted by molar-refractivity contribution is 9.10. The lowest BCUT2D eigenvalue weighted by Gasteiger charge is -2.41. The molecule has 0 spiro atoms. The minimum absolute atomic E-state index is 0.0393. The summed E-state index contributed by atoms with van der Waals surface area (Å²) in [4.78, 5) is 15.6. The Labute approximate surface area is 132 Å². The smallest absolute Gasteiger partial charge is 0.421 e. The highest BCUT2D eigenvalue weighted by Crippen LogP contribution is 2.47. The Morgan fingerprint density at radius 3 is 2.32 bits per heavy atom. The molecule has 1 aliphatic heterocycles. The van der Waals surface area contributed by atoms with Crippen molar-refractivity contribution in [3.05, 3.63) is 28.5 Å². The fraction of sp³-hybridized carbons (Fsp3) is 0.538. The average Bonchev–Trinajstić information content (AvgIpc) is 2.46. The Morgan fingerprint density at radius 1 is 1.32 bits per heavy atom. The predicted molar refractivity (Wildman–Crippen MR) is 74.2 cm³/mol. The third kappa shape index (κ3) is 3.05. The zero-order valence-electron chi connectivity index (χ0n) is 11.3. The van der Waals surface area contributed by atoms with E-state index in [1.165, 1.54) is 12.1 Å². The number of alkyl halides is 3. The number of nitrogens with zero attached hydrogens (tertiary/aromatic N) is 2. The second kappa shape index (κ2) is 6.04. The van der Waals surface area contributed by atoms with Crippen LogP contribution in [0.25, 0.3) is 0 Å². The lowest BCUT2D eigenvalue weighted by molar-refractivity contribution is -0.290. The highest BCUT2D eigenvalue weighted by Gasteiger charge is 2.60. The number of pyridine rings is 1. The van der Waals surface area contributed by atoms with Crippen molar-refractivity contribution in [1.82, 2.24) is 9.88 Å². The molecular formula is C13H14BrF3N2O3. The molecule has 2 N–H and O–H groups in total. The Bertz CT molecular complexity index is 544. The first-order valence-electron chi connectivity index (χ1n) is 6.55. The first kappa shape index (κ1) is 17.0. The van der Waals surface area contributed by atoms with Crippen LogP contribution in [0, 0.1) is 5.92 Å². The highest BCUT2D eigenvalue weighted by atomic mass is 79.9. The van der Waals surface area contributed by atoms with Gasteiger partial charge in [0.25, 0.3) is 0 Å². The topological polar surface area (TPSA) is 73.7 Å². The molecule has 1 fully saturated rings. The van der Waals surface area contributed by atoms with E-state index in [-0.39, 0.29) is 31.5 Å². The van der Waals surface area contributed by atoms with Crippen LogP contribution in [0.4, 0.5) is 18.0 Å². The fourth-order valence-corrected chi connectivity index (χ4v) is 2.96. The molecule has 1 aliphatic rings. The van der Waals surface area contributed by atoms with Gasteiger partial charge in [0, 0.05) is 30.8 Å². The van der Waals surface area contributed by atoms with Gasteiger partial charge in [-0.25, -0.2) is 9.78 Å². The second-order valence-electron chi connectivity index (χ2n) is 5.18. The van der Waals surface area contributed by atoms with E-state index < -0.39 is 23.8 Å². The van der Waals surface area contributed by atoms with E-state index in [2.05, 4.69) is 20.9 Å². The number of likely N-dealkylation sites (tertiary alicyclic amines) is 1. The van der Waals surface area contributed by atoms with E-state index >= 15 is 0 Å². The Hall–Kier alpha value is -1.35. The molecule has 0 aliphatic carbocycles. The summed E-state index contributed by atoms with van der Waals surface area (Å²) >= 11 is 3.04.